The van der Waals surface area contributed by atoms with Gasteiger partial charge in [-0.25, -0.2) is 22.8 Å². The molecule has 4 aromatic carbocycles. The molecule has 4 aromatic rings. The number of nitrogens with one attached hydrogen (secondary N) is 3. The highest BCUT2D eigenvalue weighted by molar-refractivity contribution is 6.34. The largest absolute Gasteiger partial charge is 0.419 e. The summed E-state index contributed by atoms with van der Waals surface area (Å²) in [6.45, 7) is 10.5. The molecule has 8 rings (SSSR count). The average molecular weight is 1050 g/mol. The van der Waals surface area contributed by atoms with Crippen molar-refractivity contribution in [1.82, 2.24) is 20.0 Å². The van der Waals surface area contributed by atoms with Crippen LogP contribution in [0.4, 0.5) is 47.3 Å². The lowest BCUT2D eigenvalue weighted by Crippen LogP contribution is -2.47. The molecule has 0 aromatic heterocycles. The number of carbonyl (C=O) groups is 2. The Kier molecular flexibility index (Phi) is 22.6. The van der Waals surface area contributed by atoms with Gasteiger partial charge in [-0.15, -0.1) is 0 Å². The van der Waals surface area contributed by atoms with E-state index < -0.39 is 46.9 Å². The summed E-state index contributed by atoms with van der Waals surface area (Å²) in [5, 5.41) is 28.0. The van der Waals surface area contributed by atoms with Gasteiger partial charge >= 0.3 is 18.2 Å². The highest BCUT2D eigenvalue weighted by Gasteiger charge is 2.35. The summed E-state index contributed by atoms with van der Waals surface area (Å²) in [4.78, 5) is 31.0. The first kappa shape index (κ1) is 57.6. The molecule has 0 radical (unpaired) electrons. The quantitative estimate of drug-likeness (QED) is 0.111. The molecule has 0 spiro atoms. The number of urea groups is 2. The number of aliphatic hydroxyl groups is 1. The van der Waals surface area contributed by atoms with Crippen LogP contribution in [0.1, 0.15) is 113 Å². The molecule has 3 fully saturated rings. The summed E-state index contributed by atoms with van der Waals surface area (Å²) in [6, 6.07) is 19.2. The summed E-state index contributed by atoms with van der Waals surface area (Å²) in [7, 11) is 0. The topological polar surface area (TPSA) is 124 Å². The molecule has 2 saturated heterocycles. The number of carbonyl (C=O) groups excluding carboxylic acids is 2. The van der Waals surface area contributed by atoms with Crippen LogP contribution in [-0.4, -0.2) is 90.3 Å². The van der Waals surface area contributed by atoms with E-state index >= 15 is 0 Å². The summed E-state index contributed by atoms with van der Waals surface area (Å²) in [6.07, 6.45) is 8.81. The number of benzene rings is 4. The van der Waals surface area contributed by atoms with E-state index in [4.69, 9.17) is 28.5 Å². The lowest BCUT2D eigenvalue weighted by Gasteiger charge is -2.35. The SMILES string of the molecule is CC.N#Cc1cccc(C2(O)CCCCC2)c1.O=C(NCCN1CCCC1)Nc1cc(F)cc(F)c1.O=C(Nc1ccc(F)c(C(F)(F)F)c1)N(CCN1CCCC1)C1CC=C(c2cc(Cl)cc(Cl)c2)CC1. The predicted octanol–water partition coefficient (Wildman–Crippen LogP) is 13.6. The van der Waals surface area contributed by atoms with Gasteiger partial charge in [-0.3, -0.25) is 0 Å². The van der Waals surface area contributed by atoms with Gasteiger partial charge in [-0.05, 0) is 161 Å². The molecule has 1 atom stereocenters. The summed E-state index contributed by atoms with van der Waals surface area (Å²) in [5.74, 6) is -2.81. The van der Waals surface area contributed by atoms with Crippen LogP contribution >= 0.6 is 23.2 Å². The number of allylic oxidation sites excluding steroid dienone is 1. The minimum absolute atomic E-state index is 0.0968. The third-order valence-electron chi connectivity index (χ3n) is 12.9. The molecule has 10 nitrogen and oxygen atoms in total. The van der Waals surface area contributed by atoms with Crippen molar-refractivity contribution < 1.29 is 41.0 Å². The molecule has 18 heteroatoms. The van der Waals surface area contributed by atoms with Crippen molar-refractivity contribution in [2.24, 2.45) is 0 Å². The molecule has 2 aliphatic heterocycles. The first-order valence-corrected chi connectivity index (χ1v) is 25.5. The lowest BCUT2D eigenvalue weighted by atomic mass is 9.79. The van der Waals surface area contributed by atoms with E-state index in [0.717, 1.165) is 118 Å². The van der Waals surface area contributed by atoms with E-state index in [0.29, 0.717) is 60.6 Å². The lowest BCUT2D eigenvalue weighted by molar-refractivity contribution is -0.139. The molecule has 4 amide bonds. The monoisotopic (exact) mass is 1040 g/mol. The maximum atomic E-state index is 13.7. The Bertz CT molecular complexity index is 2430. The van der Waals surface area contributed by atoms with Crippen molar-refractivity contribution >= 4 is 52.2 Å². The van der Waals surface area contributed by atoms with E-state index in [1.54, 1.807) is 17.0 Å². The van der Waals surface area contributed by atoms with Crippen molar-refractivity contribution in [2.75, 3.05) is 63.0 Å². The van der Waals surface area contributed by atoms with Crippen molar-refractivity contribution in [3.63, 3.8) is 0 Å². The predicted molar refractivity (Wildman–Crippen MR) is 273 cm³/mol. The van der Waals surface area contributed by atoms with Crippen molar-refractivity contribution in [3.8, 4) is 6.07 Å². The molecule has 4 N–H and O–H groups in total. The number of likely N-dealkylation sites (tertiary alicyclic amines) is 2. The maximum Gasteiger partial charge on any atom is 0.419 e. The molecule has 0 bridgehead atoms. The van der Waals surface area contributed by atoms with Crippen LogP contribution in [0.2, 0.25) is 10.0 Å². The molecule has 2 aliphatic carbocycles. The normalized spacial score (nSPS) is 17.6. The standard InChI is InChI=1S/C26H27Cl2F4N3O.C13H17F2N3O.C13H15NO.C2H6/c27-19-13-18(14-20(28)15-19)17-3-6-22(7-4-17)35(12-11-34-9-1-2-10-34)25(36)33-21-5-8-24(29)23(16-21)26(30,31)32;14-10-7-11(15)9-12(8-10)17-13(19)16-3-6-18-4-1-2-5-18;14-10-11-5-4-6-12(9-11)13(15)7-2-1-3-8-13;1-2/h3,5,8,13-16,22H,1-2,4,6-7,9-12H2,(H,33,36);7-9H,1-6H2,(H2,16,17,19);4-6,9,15H,1-3,7-8H2;1-2H3. The zero-order chi connectivity index (χ0) is 52.3. The van der Waals surface area contributed by atoms with Crippen LogP contribution in [0.25, 0.3) is 5.57 Å². The fraction of sp³-hybridized carbons (Fsp3) is 0.463. The molecule has 2 heterocycles. The molecular formula is C54H65Cl2F6N7O3. The van der Waals surface area contributed by atoms with Gasteiger partial charge in [0.2, 0.25) is 0 Å². The van der Waals surface area contributed by atoms with Gasteiger partial charge in [0, 0.05) is 59.7 Å². The first-order valence-electron chi connectivity index (χ1n) is 24.8. The number of rotatable bonds is 11. The van der Waals surface area contributed by atoms with Crippen molar-refractivity contribution in [3.05, 3.63) is 135 Å². The number of anilines is 2. The molecule has 1 unspecified atom stereocenters. The third-order valence-corrected chi connectivity index (χ3v) is 13.4. The van der Waals surface area contributed by atoms with E-state index in [-0.39, 0.29) is 17.4 Å². The molecule has 72 heavy (non-hydrogen) atoms. The number of alkyl halides is 3. The smallest absolute Gasteiger partial charge is 0.385 e. The Balaban J connectivity index is 0.000000222. The van der Waals surface area contributed by atoms with Crippen molar-refractivity contribution in [1.29, 1.82) is 5.26 Å². The number of nitriles is 1. The number of amides is 4. The van der Waals surface area contributed by atoms with Crippen LogP contribution in [0.5, 0.6) is 0 Å². The molecular weight excluding hydrogens is 980 g/mol. The van der Waals surface area contributed by atoms with E-state index in [1.165, 1.54) is 19.3 Å². The van der Waals surface area contributed by atoms with Gasteiger partial charge in [-0.1, -0.05) is 74.5 Å². The molecule has 4 aliphatic rings. The summed E-state index contributed by atoms with van der Waals surface area (Å²) >= 11 is 12.3. The number of nitrogens with zero attached hydrogens (tertiary/aromatic N) is 4. The van der Waals surface area contributed by atoms with Gasteiger partial charge < -0.3 is 35.8 Å². The molecule has 1 saturated carbocycles. The zero-order valence-corrected chi connectivity index (χ0v) is 42.4. The second-order valence-corrected chi connectivity index (χ2v) is 18.9. The van der Waals surface area contributed by atoms with Crippen LogP contribution in [0, 0.1) is 28.8 Å². The van der Waals surface area contributed by atoms with E-state index in [2.05, 4.69) is 37.9 Å². The van der Waals surface area contributed by atoms with Crippen molar-refractivity contribution in [2.45, 2.75) is 109 Å². The fourth-order valence-electron chi connectivity index (χ4n) is 9.26. The fourth-order valence-corrected chi connectivity index (χ4v) is 9.79. The second-order valence-electron chi connectivity index (χ2n) is 18.1. The average Bonchev–Trinajstić information content (AvgIpc) is 4.08. The second kappa shape index (κ2) is 28.2. The molecule has 390 valence electrons. The Hall–Kier alpha value is -5.31. The Morgan fingerprint density at radius 2 is 1.42 bits per heavy atom. The summed E-state index contributed by atoms with van der Waals surface area (Å²) in [5.41, 5.74) is 1.47. The maximum absolute atomic E-state index is 13.7. The van der Waals surface area contributed by atoms with E-state index in [1.807, 2.05) is 44.2 Å². The number of hydrogen-bond acceptors (Lipinski definition) is 6. The minimum Gasteiger partial charge on any atom is -0.385 e. The van der Waals surface area contributed by atoms with Gasteiger partial charge in [0.25, 0.3) is 0 Å². The summed E-state index contributed by atoms with van der Waals surface area (Å²) < 4.78 is 79.0. The Labute approximate surface area is 429 Å². The highest BCUT2D eigenvalue weighted by atomic mass is 35.5. The minimum atomic E-state index is -4.85. The van der Waals surface area contributed by atoms with Gasteiger partial charge in [0.1, 0.15) is 17.5 Å². The number of halogens is 8. The van der Waals surface area contributed by atoms with Crippen LogP contribution in [0.15, 0.2) is 84.9 Å². The zero-order valence-electron chi connectivity index (χ0n) is 40.9. The van der Waals surface area contributed by atoms with Crippen LogP contribution < -0.4 is 16.0 Å². The third kappa shape index (κ3) is 18.0. The van der Waals surface area contributed by atoms with Gasteiger partial charge in [0.15, 0.2) is 0 Å². The first-order chi connectivity index (χ1) is 34.5. The Morgan fingerprint density at radius 3 is 2.00 bits per heavy atom. The van der Waals surface area contributed by atoms with Gasteiger partial charge in [-0.2, -0.15) is 18.4 Å². The Morgan fingerprint density at radius 1 is 0.792 bits per heavy atom. The number of hydrogen-bond donors (Lipinski definition) is 4. The van der Waals surface area contributed by atoms with Gasteiger partial charge in [0.05, 0.1) is 22.8 Å². The highest BCUT2D eigenvalue weighted by Crippen LogP contribution is 2.38. The van der Waals surface area contributed by atoms with Crippen LogP contribution in [0.3, 0.4) is 0 Å². The van der Waals surface area contributed by atoms with Crippen LogP contribution in [-0.2, 0) is 11.8 Å². The van der Waals surface area contributed by atoms with E-state index in [9.17, 15) is 41.0 Å².